The first-order valence-corrected chi connectivity index (χ1v) is 3.75. The van der Waals surface area contributed by atoms with Crippen LogP contribution in [0.4, 0.5) is 5.69 Å². The van der Waals surface area contributed by atoms with Gasteiger partial charge in [-0.1, -0.05) is 5.71 Å². The van der Waals surface area contributed by atoms with Gasteiger partial charge < -0.3 is 11.1 Å². The molecule has 0 amide bonds. The highest BCUT2D eigenvalue weighted by Gasteiger charge is 2.14. The van der Waals surface area contributed by atoms with Gasteiger partial charge in [-0.25, -0.2) is 0 Å². The lowest BCUT2D eigenvalue weighted by Crippen LogP contribution is -2.07. The number of anilines is 1. The van der Waals surface area contributed by atoms with E-state index in [0.717, 1.165) is 11.1 Å². The minimum absolute atomic E-state index is 0.241. The van der Waals surface area contributed by atoms with E-state index < -0.39 is 0 Å². The van der Waals surface area contributed by atoms with E-state index in [1.165, 1.54) is 0 Å². The van der Waals surface area contributed by atoms with Gasteiger partial charge in [-0.05, 0) is 18.2 Å². The molecule has 0 saturated heterocycles. The summed E-state index contributed by atoms with van der Waals surface area (Å²) in [6.07, 6.45) is 5.36. The molecule has 1 aromatic rings. The highest BCUT2D eigenvalue weighted by Crippen LogP contribution is 2.23. The molecule has 0 heterocycles. The van der Waals surface area contributed by atoms with Crippen LogP contribution in [0.1, 0.15) is 11.1 Å². The molecule has 1 aromatic carbocycles. The average Bonchev–Trinajstić information content (AvgIpc) is 2.04. The summed E-state index contributed by atoms with van der Waals surface area (Å²) in [4.78, 5) is 0. The van der Waals surface area contributed by atoms with Crippen molar-refractivity contribution in [2.45, 2.75) is 0 Å². The van der Waals surface area contributed by atoms with E-state index in [1.807, 2.05) is 18.6 Å². The van der Waals surface area contributed by atoms with E-state index >= 15 is 0 Å². The van der Waals surface area contributed by atoms with Crippen LogP contribution in [0.2, 0.25) is 0 Å². The second-order valence-electron chi connectivity index (χ2n) is 2.72. The zero-order valence-electron chi connectivity index (χ0n) is 6.49. The predicted molar refractivity (Wildman–Crippen MR) is 50.9 cm³/mol. The molecule has 58 valence electrons. The van der Waals surface area contributed by atoms with Crippen molar-refractivity contribution in [1.29, 1.82) is 0 Å². The number of nitrogens with zero attached hydrogens (tertiary/aromatic N) is 1. The van der Waals surface area contributed by atoms with Gasteiger partial charge in [-0.2, -0.15) is 0 Å². The van der Waals surface area contributed by atoms with E-state index in [-0.39, 0.29) is 5.71 Å². The number of nitrogens with two attached hydrogens (primary N) is 1. The molecule has 0 spiro atoms. The van der Waals surface area contributed by atoms with Crippen molar-refractivity contribution in [1.82, 2.24) is 0 Å². The molecule has 0 radical (unpaired) electrons. The molecule has 0 saturated carbocycles. The van der Waals surface area contributed by atoms with Crippen LogP contribution in [-0.2, 0) is 0 Å². The van der Waals surface area contributed by atoms with Gasteiger partial charge in [-0.3, -0.25) is 0 Å². The molecule has 2 heteroatoms. The van der Waals surface area contributed by atoms with Gasteiger partial charge in [0.05, 0.1) is 11.3 Å². The van der Waals surface area contributed by atoms with Crippen molar-refractivity contribution in [3.63, 3.8) is 0 Å². The first-order valence-electron chi connectivity index (χ1n) is 3.75. The smallest absolute Gasteiger partial charge is 0.104 e. The van der Waals surface area contributed by atoms with Crippen LogP contribution < -0.4 is 5.73 Å². The summed E-state index contributed by atoms with van der Waals surface area (Å²) in [5.41, 5.74) is 8.26. The number of nitrogen functional groups attached to an aromatic ring is 1. The van der Waals surface area contributed by atoms with Crippen LogP contribution in [0.25, 0.3) is 5.41 Å². The maximum absolute atomic E-state index is 9.47. The molecule has 1 aliphatic rings. The van der Waals surface area contributed by atoms with Gasteiger partial charge >= 0.3 is 0 Å². The van der Waals surface area contributed by atoms with Gasteiger partial charge in [0.25, 0.3) is 0 Å². The normalized spacial score (nSPS) is 13.8. The number of allylic oxidation sites excluding steroid dienone is 2. The Morgan fingerprint density at radius 1 is 1.33 bits per heavy atom. The van der Waals surface area contributed by atoms with Gasteiger partial charge in [-0.15, -0.1) is 0 Å². The van der Waals surface area contributed by atoms with Crippen molar-refractivity contribution in [2.24, 2.45) is 0 Å². The van der Waals surface area contributed by atoms with E-state index in [0.29, 0.717) is 5.69 Å². The summed E-state index contributed by atoms with van der Waals surface area (Å²) >= 11 is 0. The molecule has 1 aliphatic carbocycles. The summed E-state index contributed by atoms with van der Waals surface area (Å²) in [6.45, 7) is 0. The third-order valence-corrected chi connectivity index (χ3v) is 1.91. The fourth-order valence-corrected chi connectivity index (χ4v) is 1.35. The lowest BCUT2D eigenvalue weighted by atomic mass is 9.94. The zero-order valence-corrected chi connectivity index (χ0v) is 6.49. The Morgan fingerprint density at radius 3 is 2.92 bits per heavy atom. The second-order valence-corrected chi connectivity index (χ2v) is 2.72. The maximum atomic E-state index is 9.47. The van der Waals surface area contributed by atoms with Crippen LogP contribution in [0.3, 0.4) is 0 Å². The molecule has 0 atom stereocenters. The Labute approximate surface area is 71.2 Å². The predicted octanol–water partition coefficient (Wildman–Crippen LogP) is 1.75. The maximum Gasteiger partial charge on any atom is 0.104 e. The molecule has 0 aliphatic heterocycles. The van der Waals surface area contributed by atoms with Gasteiger partial charge in [0, 0.05) is 18.6 Å². The van der Waals surface area contributed by atoms with Crippen molar-refractivity contribution in [3.8, 4) is 0 Å². The fraction of sp³-hybridized carbons (Fsp3) is 0. The Bertz CT molecular complexity index is 364. The first-order chi connectivity index (χ1) is 5.79. The highest BCUT2D eigenvalue weighted by molar-refractivity contribution is 6.16. The Kier molecular flexibility index (Phi) is 1.40. The molecule has 2 rings (SSSR count). The van der Waals surface area contributed by atoms with E-state index in [1.54, 1.807) is 18.2 Å². The summed E-state index contributed by atoms with van der Waals surface area (Å²) < 4.78 is 0. The minimum Gasteiger partial charge on any atom is -0.785 e. The summed E-state index contributed by atoms with van der Waals surface area (Å²) in [6, 6.07) is 5.57. The largest absolute Gasteiger partial charge is 0.785 e. The molecular formula is C10H8N2. The zero-order chi connectivity index (χ0) is 8.55. The lowest BCUT2D eigenvalue weighted by Gasteiger charge is -2.11. The quantitative estimate of drug-likeness (QED) is 0.451. The molecule has 2 N–H and O–H groups in total. The van der Waals surface area contributed by atoms with Crippen LogP contribution in [0.15, 0.2) is 30.4 Å². The van der Waals surface area contributed by atoms with Crippen LogP contribution in [0.5, 0.6) is 0 Å². The molecule has 12 heavy (non-hydrogen) atoms. The van der Waals surface area contributed by atoms with Gasteiger partial charge in [0.15, 0.2) is 0 Å². The SMILES string of the molecule is [N-]=C1C=C[CH+]c2cccc(N)c21. The fourth-order valence-electron chi connectivity index (χ4n) is 1.35. The monoisotopic (exact) mass is 156 g/mol. The molecule has 2 nitrogen and oxygen atoms in total. The Morgan fingerprint density at radius 2 is 2.17 bits per heavy atom. The van der Waals surface area contributed by atoms with Gasteiger partial charge in [0.2, 0.25) is 0 Å². The molecule has 0 aromatic heterocycles. The summed E-state index contributed by atoms with van der Waals surface area (Å²) in [5.74, 6) is 0. The van der Waals surface area contributed by atoms with Crippen LogP contribution >= 0.6 is 0 Å². The first kappa shape index (κ1) is 6.98. The van der Waals surface area contributed by atoms with Crippen molar-refractivity contribution in [2.75, 3.05) is 5.73 Å². The number of fused-ring (bicyclic) bond motifs is 1. The van der Waals surface area contributed by atoms with Gasteiger partial charge in [0.1, 0.15) is 5.56 Å². The van der Waals surface area contributed by atoms with Crippen LogP contribution in [0, 0.1) is 6.42 Å². The second kappa shape index (κ2) is 2.41. The van der Waals surface area contributed by atoms with Crippen molar-refractivity contribution in [3.05, 3.63) is 53.3 Å². The minimum atomic E-state index is 0.241. The molecule has 0 fully saturated rings. The molecule has 0 bridgehead atoms. The Balaban J connectivity index is 2.66. The standard InChI is InChI=1S/C10H8N2/c11-8-5-1-3-7-4-2-6-9(12)10(7)8/h1-6H,11H2. The highest BCUT2D eigenvalue weighted by atomic mass is 14.6. The average molecular weight is 156 g/mol. The Hall–Kier alpha value is -1.70. The third-order valence-electron chi connectivity index (χ3n) is 1.91. The third kappa shape index (κ3) is 0.889. The van der Waals surface area contributed by atoms with Crippen molar-refractivity contribution >= 4 is 11.4 Å². The summed E-state index contributed by atoms with van der Waals surface area (Å²) in [7, 11) is 0. The lowest BCUT2D eigenvalue weighted by molar-refractivity contribution is 1.47. The van der Waals surface area contributed by atoms with Crippen molar-refractivity contribution < 1.29 is 0 Å². The van der Waals surface area contributed by atoms with E-state index in [9.17, 15) is 5.41 Å². The number of hydrogen-bond acceptors (Lipinski definition) is 1. The number of hydrogen-bond donors (Lipinski definition) is 1. The van der Waals surface area contributed by atoms with Crippen LogP contribution in [-0.4, -0.2) is 5.71 Å². The van der Waals surface area contributed by atoms with E-state index in [2.05, 4.69) is 0 Å². The topological polar surface area (TPSA) is 48.3 Å². The molecule has 0 unspecified atom stereocenters. The summed E-state index contributed by atoms with van der Waals surface area (Å²) in [5, 5.41) is 9.47. The molecular weight excluding hydrogens is 148 g/mol. The van der Waals surface area contributed by atoms with E-state index in [4.69, 9.17) is 5.73 Å². The number of benzene rings is 1. The number of rotatable bonds is 0.